The van der Waals surface area contributed by atoms with Gasteiger partial charge in [0.05, 0.1) is 17.8 Å². The molecule has 0 amide bonds. The summed E-state index contributed by atoms with van der Waals surface area (Å²) >= 11 is 5.89. The quantitative estimate of drug-likeness (QED) is 0.438. The summed E-state index contributed by atoms with van der Waals surface area (Å²) in [7, 11) is 0. The number of nitrogens with zero attached hydrogens (tertiary/aromatic N) is 3. The molecule has 0 bridgehead atoms. The van der Waals surface area contributed by atoms with E-state index in [-0.39, 0.29) is 0 Å². The van der Waals surface area contributed by atoms with E-state index in [2.05, 4.69) is 21.3 Å². The van der Waals surface area contributed by atoms with E-state index < -0.39 is 0 Å². The van der Waals surface area contributed by atoms with Gasteiger partial charge in [-0.25, -0.2) is 4.98 Å². The molecule has 0 fully saturated rings. The monoisotopic (exact) mass is 402 g/mol. The summed E-state index contributed by atoms with van der Waals surface area (Å²) in [5.41, 5.74) is 3.09. The van der Waals surface area contributed by atoms with Crippen LogP contribution in [-0.4, -0.2) is 15.2 Å². The van der Waals surface area contributed by atoms with Crippen molar-refractivity contribution in [2.45, 2.75) is 6.61 Å². The Labute approximate surface area is 172 Å². The highest BCUT2D eigenvalue weighted by atomic mass is 35.5. The zero-order valence-electron chi connectivity index (χ0n) is 15.2. The summed E-state index contributed by atoms with van der Waals surface area (Å²) in [5, 5.41) is 16.4. The predicted octanol–water partition coefficient (Wildman–Crippen LogP) is 5.37. The first-order valence-electron chi connectivity index (χ1n) is 8.78. The minimum atomic E-state index is 0.345. The van der Waals surface area contributed by atoms with Gasteiger partial charge in [-0.15, -0.1) is 0 Å². The van der Waals surface area contributed by atoms with E-state index in [0.717, 1.165) is 11.1 Å². The van der Waals surface area contributed by atoms with E-state index in [0.29, 0.717) is 40.4 Å². The average molecular weight is 403 g/mol. The maximum atomic E-state index is 8.91. The highest BCUT2D eigenvalue weighted by Gasteiger charge is 2.12. The fraction of sp³-hybridized carbons (Fsp3) is 0.0455. The molecular weight excluding hydrogens is 388 g/mol. The van der Waals surface area contributed by atoms with Crippen LogP contribution < -0.4 is 9.47 Å². The summed E-state index contributed by atoms with van der Waals surface area (Å²) in [4.78, 5) is 4.12. The number of pyridine rings is 1. The normalized spacial score (nSPS) is 10.3. The van der Waals surface area contributed by atoms with Crippen LogP contribution in [0.2, 0.25) is 5.15 Å². The molecule has 2 aromatic heterocycles. The molecule has 2 heterocycles. The molecule has 0 radical (unpaired) electrons. The second-order valence-electron chi connectivity index (χ2n) is 6.12. The van der Waals surface area contributed by atoms with Crippen molar-refractivity contribution < 1.29 is 9.47 Å². The van der Waals surface area contributed by atoms with Gasteiger partial charge in [-0.3, -0.25) is 5.10 Å². The standard InChI is InChI=1S/C22H15ClN4O2/c23-20-5-2-6-21(26-20)28-14-16-3-1-4-17(11-16)22-19(13-25-27-22)29-18-9-7-15(12-24)8-10-18/h1-11,13H,14H2,(H,25,27). The minimum Gasteiger partial charge on any atom is -0.473 e. The fourth-order valence-electron chi connectivity index (χ4n) is 2.72. The number of aromatic nitrogens is 3. The van der Waals surface area contributed by atoms with Crippen molar-refractivity contribution in [1.29, 1.82) is 5.26 Å². The van der Waals surface area contributed by atoms with Gasteiger partial charge in [-0.05, 0) is 42.0 Å². The van der Waals surface area contributed by atoms with Crippen LogP contribution in [0.15, 0.2) is 72.9 Å². The van der Waals surface area contributed by atoms with Gasteiger partial charge in [-0.2, -0.15) is 10.4 Å². The molecule has 4 rings (SSSR count). The Morgan fingerprint density at radius 2 is 1.86 bits per heavy atom. The van der Waals surface area contributed by atoms with Gasteiger partial charge in [0.25, 0.3) is 0 Å². The molecule has 2 aromatic carbocycles. The minimum absolute atomic E-state index is 0.345. The highest BCUT2D eigenvalue weighted by Crippen LogP contribution is 2.32. The first-order chi connectivity index (χ1) is 14.2. The number of nitriles is 1. The van der Waals surface area contributed by atoms with Crippen molar-refractivity contribution >= 4 is 11.6 Å². The van der Waals surface area contributed by atoms with Crippen molar-refractivity contribution in [3.05, 3.63) is 89.2 Å². The third-order valence-electron chi connectivity index (χ3n) is 4.09. The van der Waals surface area contributed by atoms with E-state index in [1.165, 1.54) is 0 Å². The van der Waals surface area contributed by atoms with E-state index in [1.807, 2.05) is 24.3 Å². The van der Waals surface area contributed by atoms with Gasteiger partial charge < -0.3 is 9.47 Å². The Morgan fingerprint density at radius 3 is 2.66 bits per heavy atom. The van der Waals surface area contributed by atoms with Crippen LogP contribution in [0.3, 0.4) is 0 Å². The average Bonchev–Trinajstić information content (AvgIpc) is 3.21. The van der Waals surface area contributed by atoms with E-state index in [4.69, 9.17) is 26.3 Å². The molecule has 4 aromatic rings. The summed E-state index contributed by atoms with van der Waals surface area (Å²) in [6.45, 7) is 0.345. The van der Waals surface area contributed by atoms with Gasteiger partial charge in [0.1, 0.15) is 23.2 Å². The lowest BCUT2D eigenvalue weighted by Gasteiger charge is -2.08. The lowest BCUT2D eigenvalue weighted by Crippen LogP contribution is -1.97. The van der Waals surface area contributed by atoms with Crippen molar-refractivity contribution in [2.75, 3.05) is 0 Å². The fourth-order valence-corrected chi connectivity index (χ4v) is 2.88. The molecule has 0 aliphatic carbocycles. The number of halogens is 1. The third-order valence-corrected chi connectivity index (χ3v) is 4.30. The number of nitrogens with one attached hydrogen (secondary N) is 1. The van der Waals surface area contributed by atoms with Crippen LogP contribution in [0.5, 0.6) is 17.4 Å². The number of rotatable bonds is 6. The largest absolute Gasteiger partial charge is 0.473 e. The molecular formula is C22H15ClN4O2. The molecule has 142 valence electrons. The Morgan fingerprint density at radius 1 is 1.03 bits per heavy atom. The van der Waals surface area contributed by atoms with Gasteiger partial charge >= 0.3 is 0 Å². The second kappa shape index (κ2) is 8.46. The first-order valence-corrected chi connectivity index (χ1v) is 9.15. The molecule has 6 nitrogen and oxygen atoms in total. The van der Waals surface area contributed by atoms with Crippen LogP contribution in [0.4, 0.5) is 0 Å². The van der Waals surface area contributed by atoms with Gasteiger partial charge in [0.2, 0.25) is 5.88 Å². The lowest BCUT2D eigenvalue weighted by molar-refractivity contribution is 0.294. The van der Waals surface area contributed by atoms with Crippen LogP contribution in [0.1, 0.15) is 11.1 Å². The van der Waals surface area contributed by atoms with E-state index >= 15 is 0 Å². The lowest BCUT2D eigenvalue weighted by atomic mass is 10.1. The molecule has 0 spiro atoms. The van der Waals surface area contributed by atoms with Crippen molar-refractivity contribution in [3.63, 3.8) is 0 Å². The first kappa shape index (κ1) is 18.5. The molecule has 29 heavy (non-hydrogen) atoms. The number of aromatic amines is 1. The Bertz CT molecular complexity index is 1170. The Kier molecular flexibility index (Phi) is 5.41. The maximum Gasteiger partial charge on any atom is 0.214 e. The van der Waals surface area contributed by atoms with Crippen LogP contribution in [0, 0.1) is 11.3 Å². The molecule has 0 unspecified atom stereocenters. The van der Waals surface area contributed by atoms with Crippen LogP contribution in [0.25, 0.3) is 11.3 Å². The van der Waals surface area contributed by atoms with E-state index in [1.54, 1.807) is 48.7 Å². The predicted molar refractivity (Wildman–Crippen MR) is 109 cm³/mol. The number of ether oxygens (including phenoxy) is 2. The molecule has 0 aliphatic heterocycles. The SMILES string of the molecule is N#Cc1ccc(Oc2c[nH]nc2-c2cccc(COc3cccc(Cl)n3)c2)cc1. The van der Waals surface area contributed by atoms with Crippen molar-refractivity contribution in [2.24, 2.45) is 0 Å². The number of H-pyrrole nitrogens is 1. The van der Waals surface area contributed by atoms with Gasteiger partial charge in [0, 0.05) is 11.6 Å². The van der Waals surface area contributed by atoms with Gasteiger partial charge in [-0.1, -0.05) is 35.9 Å². The third kappa shape index (κ3) is 4.54. The molecule has 0 saturated heterocycles. The molecule has 0 atom stereocenters. The maximum absolute atomic E-state index is 8.91. The smallest absolute Gasteiger partial charge is 0.214 e. The Balaban J connectivity index is 1.51. The summed E-state index contributed by atoms with van der Waals surface area (Å²) < 4.78 is 11.6. The number of benzene rings is 2. The van der Waals surface area contributed by atoms with E-state index in [9.17, 15) is 0 Å². The molecule has 1 N–H and O–H groups in total. The molecule has 0 saturated carbocycles. The zero-order valence-corrected chi connectivity index (χ0v) is 15.9. The van der Waals surface area contributed by atoms with Crippen molar-refractivity contribution in [1.82, 2.24) is 15.2 Å². The second-order valence-corrected chi connectivity index (χ2v) is 6.51. The van der Waals surface area contributed by atoms with Crippen LogP contribution in [-0.2, 0) is 6.61 Å². The topological polar surface area (TPSA) is 83.8 Å². The summed E-state index contributed by atoms with van der Waals surface area (Å²) in [6, 6.07) is 22.1. The van der Waals surface area contributed by atoms with Crippen molar-refractivity contribution in [3.8, 4) is 34.7 Å². The van der Waals surface area contributed by atoms with Gasteiger partial charge in [0.15, 0.2) is 5.75 Å². The molecule has 0 aliphatic rings. The number of hydrogen-bond acceptors (Lipinski definition) is 5. The summed E-state index contributed by atoms with van der Waals surface area (Å²) in [6.07, 6.45) is 1.69. The Hall–Kier alpha value is -3.82. The number of hydrogen-bond donors (Lipinski definition) is 1. The zero-order chi connectivity index (χ0) is 20.1. The highest BCUT2D eigenvalue weighted by molar-refractivity contribution is 6.29. The van der Waals surface area contributed by atoms with Crippen LogP contribution >= 0.6 is 11.6 Å². The summed E-state index contributed by atoms with van der Waals surface area (Å²) in [5.74, 6) is 1.68. The molecule has 7 heteroatoms.